The molecule has 0 unspecified atom stereocenters. The molecule has 0 bridgehead atoms. The molecule has 1 N–H and O–H groups in total. The number of nitrogens with zero attached hydrogens (tertiary/aromatic N) is 6. The van der Waals surface area contributed by atoms with Gasteiger partial charge in [0.25, 0.3) is 5.91 Å². The Kier molecular flexibility index (Phi) is 5.03. The maximum Gasteiger partial charge on any atom is 0.276 e. The third-order valence-corrected chi connectivity index (χ3v) is 3.74. The van der Waals surface area contributed by atoms with Crippen LogP contribution in [0.5, 0.6) is 0 Å². The summed E-state index contributed by atoms with van der Waals surface area (Å²) >= 11 is 0. The van der Waals surface area contributed by atoms with E-state index in [1.165, 1.54) is 6.20 Å². The number of morpholine rings is 1. The number of rotatable bonds is 4. The van der Waals surface area contributed by atoms with Gasteiger partial charge in [-0.2, -0.15) is 4.98 Å². The van der Waals surface area contributed by atoms with Crippen molar-refractivity contribution in [3.05, 3.63) is 30.0 Å². The molecule has 0 aliphatic carbocycles. The van der Waals surface area contributed by atoms with Crippen molar-refractivity contribution in [2.75, 3.05) is 55.5 Å². The third kappa shape index (κ3) is 4.00. The SMILES string of the molecule is Cc1cnc(C(=O)Nc2cnc(N3CCOCC3)nc2N(C)C)cn1. The Morgan fingerprint density at radius 1 is 1.16 bits per heavy atom. The zero-order valence-corrected chi connectivity index (χ0v) is 14.6. The van der Waals surface area contributed by atoms with Gasteiger partial charge in [-0.25, -0.2) is 9.97 Å². The van der Waals surface area contributed by atoms with Crippen LogP contribution in [0.2, 0.25) is 0 Å². The highest BCUT2D eigenvalue weighted by atomic mass is 16.5. The first-order chi connectivity index (χ1) is 12.0. The van der Waals surface area contributed by atoms with E-state index in [1.54, 1.807) is 12.4 Å². The number of aromatic nitrogens is 4. The second kappa shape index (κ2) is 7.39. The van der Waals surface area contributed by atoms with Gasteiger partial charge in [0.15, 0.2) is 5.82 Å². The number of aryl methyl sites for hydroxylation is 1. The molecule has 9 heteroatoms. The number of nitrogens with one attached hydrogen (secondary N) is 1. The second-order valence-electron chi connectivity index (χ2n) is 5.90. The summed E-state index contributed by atoms with van der Waals surface area (Å²) in [7, 11) is 3.74. The first-order valence-electron chi connectivity index (χ1n) is 8.01. The van der Waals surface area contributed by atoms with Gasteiger partial charge in [0, 0.05) is 33.4 Å². The molecule has 9 nitrogen and oxygen atoms in total. The average molecular weight is 343 g/mol. The van der Waals surface area contributed by atoms with Crippen molar-refractivity contribution in [1.82, 2.24) is 19.9 Å². The lowest BCUT2D eigenvalue weighted by Crippen LogP contribution is -2.37. The molecule has 1 aliphatic rings. The van der Waals surface area contributed by atoms with E-state index in [2.05, 4.69) is 30.2 Å². The van der Waals surface area contributed by atoms with Gasteiger partial charge >= 0.3 is 0 Å². The zero-order valence-electron chi connectivity index (χ0n) is 14.6. The van der Waals surface area contributed by atoms with Crippen molar-refractivity contribution in [2.45, 2.75) is 6.92 Å². The fourth-order valence-electron chi connectivity index (χ4n) is 2.40. The Bertz CT molecular complexity index is 743. The number of anilines is 3. The largest absolute Gasteiger partial charge is 0.378 e. The molecule has 1 aliphatic heterocycles. The summed E-state index contributed by atoms with van der Waals surface area (Å²) in [5.41, 5.74) is 1.52. The van der Waals surface area contributed by atoms with Crippen LogP contribution in [0.1, 0.15) is 16.2 Å². The number of carbonyl (C=O) groups excluding carboxylic acids is 1. The van der Waals surface area contributed by atoms with Crippen LogP contribution in [0.25, 0.3) is 0 Å². The molecule has 1 fully saturated rings. The molecule has 2 aromatic rings. The summed E-state index contributed by atoms with van der Waals surface area (Å²) in [6.07, 6.45) is 4.62. The van der Waals surface area contributed by atoms with E-state index in [-0.39, 0.29) is 11.6 Å². The van der Waals surface area contributed by atoms with Crippen LogP contribution in [0.15, 0.2) is 18.6 Å². The quantitative estimate of drug-likeness (QED) is 0.868. The van der Waals surface area contributed by atoms with Gasteiger partial charge in [0.1, 0.15) is 11.4 Å². The normalized spacial score (nSPS) is 14.3. The zero-order chi connectivity index (χ0) is 17.8. The molecule has 2 aromatic heterocycles. The van der Waals surface area contributed by atoms with Crippen LogP contribution in [0.3, 0.4) is 0 Å². The molecular weight excluding hydrogens is 322 g/mol. The number of ether oxygens (including phenoxy) is 1. The van der Waals surface area contributed by atoms with Gasteiger partial charge in [-0.15, -0.1) is 0 Å². The van der Waals surface area contributed by atoms with Crippen molar-refractivity contribution in [3.8, 4) is 0 Å². The molecule has 3 rings (SSSR count). The van der Waals surface area contributed by atoms with Gasteiger partial charge in [-0.3, -0.25) is 9.78 Å². The molecule has 1 amide bonds. The number of hydrogen-bond acceptors (Lipinski definition) is 8. The molecule has 0 aromatic carbocycles. The summed E-state index contributed by atoms with van der Waals surface area (Å²) in [6, 6.07) is 0. The Morgan fingerprint density at radius 3 is 2.56 bits per heavy atom. The van der Waals surface area contributed by atoms with E-state index in [4.69, 9.17) is 4.74 Å². The lowest BCUT2D eigenvalue weighted by atomic mass is 10.3. The molecule has 3 heterocycles. The molecule has 132 valence electrons. The second-order valence-corrected chi connectivity index (χ2v) is 5.90. The molecular formula is C16H21N7O2. The molecule has 0 atom stereocenters. The maximum atomic E-state index is 12.4. The van der Waals surface area contributed by atoms with Crippen LogP contribution in [-0.4, -0.2) is 66.2 Å². The minimum absolute atomic E-state index is 0.243. The molecule has 25 heavy (non-hydrogen) atoms. The van der Waals surface area contributed by atoms with Crippen molar-refractivity contribution in [2.24, 2.45) is 0 Å². The van der Waals surface area contributed by atoms with Crippen molar-refractivity contribution in [1.29, 1.82) is 0 Å². The van der Waals surface area contributed by atoms with E-state index in [0.29, 0.717) is 30.7 Å². The predicted octanol–water partition coefficient (Wildman–Crippen LogP) is 0.730. The fourth-order valence-corrected chi connectivity index (χ4v) is 2.40. The highest BCUT2D eigenvalue weighted by Gasteiger charge is 2.18. The summed E-state index contributed by atoms with van der Waals surface area (Å²) in [5.74, 6) is 0.906. The Morgan fingerprint density at radius 2 is 1.92 bits per heavy atom. The highest BCUT2D eigenvalue weighted by molar-refractivity contribution is 6.04. The average Bonchev–Trinajstić information content (AvgIpc) is 2.63. The van der Waals surface area contributed by atoms with Crippen molar-refractivity contribution in [3.63, 3.8) is 0 Å². The Labute approximate surface area is 146 Å². The first kappa shape index (κ1) is 17.0. The van der Waals surface area contributed by atoms with Crippen LogP contribution < -0.4 is 15.1 Å². The summed E-state index contributed by atoms with van der Waals surface area (Å²) in [5, 5.41) is 2.81. The Hall–Kier alpha value is -2.81. The standard InChI is InChI=1S/C16H21N7O2/c1-11-8-18-13(10-17-11)15(24)20-12-9-19-16(21-14(12)22(2)3)23-4-6-25-7-5-23/h8-10H,4-7H2,1-3H3,(H,20,24). The monoisotopic (exact) mass is 343 g/mol. The molecule has 1 saturated heterocycles. The van der Waals surface area contributed by atoms with Gasteiger partial charge < -0.3 is 19.9 Å². The fraction of sp³-hybridized carbons (Fsp3) is 0.438. The van der Waals surface area contributed by atoms with E-state index < -0.39 is 0 Å². The maximum absolute atomic E-state index is 12.4. The van der Waals surface area contributed by atoms with Crippen molar-refractivity contribution < 1.29 is 9.53 Å². The first-order valence-corrected chi connectivity index (χ1v) is 8.01. The minimum atomic E-state index is -0.349. The Balaban J connectivity index is 1.82. The van der Waals surface area contributed by atoms with Crippen LogP contribution in [0.4, 0.5) is 17.5 Å². The van der Waals surface area contributed by atoms with E-state index in [9.17, 15) is 4.79 Å². The van der Waals surface area contributed by atoms with Crippen LogP contribution >= 0.6 is 0 Å². The topological polar surface area (TPSA) is 96.4 Å². The van der Waals surface area contributed by atoms with Gasteiger partial charge in [0.05, 0.1) is 31.3 Å². The van der Waals surface area contributed by atoms with Crippen LogP contribution in [-0.2, 0) is 4.74 Å². The van der Waals surface area contributed by atoms with E-state index in [0.717, 1.165) is 18.8 Å². The van der Waals surface area contributed by atoms with Gasteiger partial charge in [0.2, 0.25) is 5.95 Å². The van der Waals surface area contributed by atoms with Crippen LogP contribution in [0, 0.1) is 6.92 Å². The summed E-state index contributed by atoms with van der Waals surface area (Å²) in [6.45, 7) is 4.63. The predicted molar refractivity (Wildman–Crippen MR) is 94.1 cm³/mol. The smallest absolute Gasteiger partial charge is 0.276 e. The molecule has 0 spiro atoms. The van der Waals surface area contributed by atoms with Gasteiger partial charge in [-0.05, 0) is 6.92 Å². The lowest BCUT2D eigenvalue weighted by Gasteiger charge is -2.28. The minimum Gasteiger partial charge on any atom is -0.378 e. The molecule has 0 radical (unpaired) electrons. The number of carbonyl (C=O) groups is 1. The lowest BCUT2D eigenvalue weighted by molar-refractivity contribution is 0.102. The summed E-state index contributed by atoms with van der Waals surface area (Å²) < 4.78 is 5.36. The third-order valence-electron chi connectivity index (χ3n) is 3.74. The van der Waals surface area contributed by atoms with E-state index >= 15 is 0 Å². The van der Waals surface area contributed by atoms with Gasteiger partial charge in [-0.1, -0.05) is 0 Å². The number of hydrogen-bond donors (Lipinski definition) is 1. The molecule has 0 saturated carbocycles. The summed E-state index contributed by atoms with van der Waals surface area (Å²) in [4.78, 5) is 33.4. The number of amides is 1. The van der Waals surface area contributed by atoms with E-state index in [1.807, 2.05) is 25.9 Å². The highest BCUT2D eigenvalue weighted by Crippen LogP contribution is 2.24. The van der Waals surface area contributed by atoms with Crippen molar-refractivity contribution >= 4 is 23.4 Å².